The van der Waals surface area contributed by atoms with E-state index in [2.05, 4.69) is 0 Å². The Hall–Kier alpha value is -1.91. The van der Waals surface area contributed by atoms with Crippen LogP contribution < -0.4 is 0 Å². The standard InChI is InChI=1S/C11H11NO4/c1-7-3-2-4-8(9(7)12(15)16)11(5-6-11)10(13)14/h2-4H,5-6H2,1H3,(H,13,14). The van der Waals surface area contributed by atoms with Crippen LogP contribution in [0.1, 0.15) is 24.0 Å². The normalized spacial score (nSPS) is 16.8. The van der Waals surface area contributed by atoms with Crippen LogP contribution in [0.2, 0.25) is 0 Å². The highest BCUT2D eigenvalue weighted by Gasteiger charge is 2.55. The van der Waals surface area contributed by atoms with Gasteiger partial charge in [-0.2, -0.15) is 0 Å². The lowest BCUT2D eigenvalue weighted by Crippen LogP contribution is -2.21. The molecule has 0 saturated heterocycles. The molecule has 16 heavy (non-hydrogen) atoms. The number of aliphatic carboxylic acids is 1. The lowest BCUT2D eigenvalue weighted by atomic mass is 9.92. The number of carbonyl (C=O) groups is 1. The molecule has 84 valence electrons. The minimum Gasteiger partial charge on any atom is -0.481 e. The number of carboxylic acids is 1. The number of benzene rings is 1. The monoisotopic (exact) mass is 221 g/mol. The highest BCUT2D eigenvalue weighted by Crippen LogP contribution is 2.51. The fourth-order valence-corrected chi connectivity index (χ4v) is 2.01. The summed E-state index contributed by atoms with van der Waals surface area (Å²) in [5.74, 6) is -0.971. The van der Waals surface area contributed by atoms with E-state index < -0.39 is 16.3 Å². The molecular formula is C11H11NO4. The zero-order valence-corrected chi connectivity index (χ0v) is 8.77. The van der Waals surface area contributed by atoms with Gasteiger partial charge in [0.2, 0.25) is 0 Å². The van der Waals surface area contributed by atoms with Gasteiger partial charge in [-0.15, -0.1) is 0 Å². The van der Waals surface area contributed by atoms with Gasteiger partial charge >= 0.3 is 5.97 Å². The van der Waals surface area contributed by atoms with Gasteiger partial charge in [0.25, 0.3) is 5.69 Å². The highest BCUT2D eigenvalue weighted by atomic mass is 16.6. The van der Waals surface area contributed by atoms with E-state index >= 15 is 0 Å². The van der Waals surface area contributed by atoms with Crippen molar-refractivity contribution >= 4 is 11.7 Å². The molecule has 0 aromatic heterocycles. The summed E-state index contributed by atoms with van der Waals surface area (Å²) in [4.78, 5) is 21.6. The Balaban J connectivity index is 2.62. The molecule has 1 aliphatic carbocycles. The van der Waals surface area contributed by atoms with Gasteiger partial charge in [-0.05, 0) is 19.8 Å². The van der Waals surface area contributed by atoms with Crippen molar-refractivity contribution in [3.05, 3.63) is 39.4 Å². The molecule has 0 atom stereocenters. The molecule has 0 bridgehead atoms. The van der Waals surface area contributed by atoms with E-state index in [-0.39, 0.29) is 5.69 Å². The van der Waals surface area contributed by atoms with Crippen LogP contribution in [0.25, 0.3) is 0 Å². The first-order valence-corrected chi connectivity index (χ1v) is 4.97. The second-order valence-corrected chi connectivity index (χ2v) is 4.12. The van der Waals surface area contributed by atoms with Crippen LogP contribution in [-0.2, 0) is 10.2 Å². The number of hydrogen-bond acceptors (Lipinski definition) is 3. The fraction of sp³-hybridized carbons (Fsp3) is 0.364. The molecule has 1 aromatic rings. The first-order chi connectivity index (χ1) is 7.49. The second kappa shape index (κ2) is 3.30. The van der Waals surface area contributed by atoms with Crippen LogP contribution in [0.5, 0.6) is 0 Å². The van der Waals surface area contributed by atoms with Gasteiger partial charge in [0, 0.05) is 11.1 Å². The first kappa shape index (κ1) is 10.6. The summed E-state index contributed by atoms with van der Waals surface area (Å²) in [5, 5.41) is 20.1. The Morgan fingerprint density at radius 3 is 2.56 bits per heavy atom. The van der Waals surface area contributed by atoms with Crippen molar-refractivity contribution in [2.75, 3.05) is 0 Å². The molecule has 1 fully saturated rings. The maximum atomic E-state index is 11.1. The van der Waals surface area contributed by atoms with E-state index in [0.29, 0.717) is 24.0 Å². The van der Waals surface area contributed by atoms with Crippen LogP contribution in [0.4, 0.5) is 5.69 Å². The average molecular weight is 221 g/mol. The number of nitrogens with zero attached hydrogens (tertiary/aromatic N) is 1. The number of carboxylic acid groups (broad SMARTS) is 1. The zero-order valence-electron chi connectivity index (χ0n) is 8.77. The first-order valence-electron chi connectivity index (χ1n) is 4.97. The van der Waals surface area contributed by atoms with E-state index in [9.17, 15) is 14.9 Å². The minimum atomic E-state index is -1.02. The molecule has 0 spiro atoms. The summed E-state index contributed by atoms with van der Waals surface area (Å²) >= 11 is 0. The lowest BCUT2D eigenvalue weighted by molar-refractivity contribution is -0.386. The molecule has 1 N–H and O–H groups in total. The molecule has 0 radical (unpaired) electrons. The summed E-state index contributed by atoms with van der Waals surface area (Å²) in [5.41, 5.74) is -0.226. The SMILES string of the molecule is Cc1cccc(C2(C(=O)O)CC2)c1[N+](=O)[O-]. The third kappa shape index (κ3) is 1.36. The van der Waals surface area contributed by atoms with Crippen molar-refractivity contribution in [1.82, 2.24) is 0 Å². The van der Waals surface area contributed by atoms with Gasteiger partial charge in [-0.3, -0.25) is 14.9 Å². The highest BCUT2D eigenvalue weighted by molar-refractivity contribution is 5.86. The molecular weight excluding hydrogens is 210 g/mol. The summed E-state index contributed by atoms with van der Waals surface area (Å²) in [6, 6.07) is 4.84. The van der Waals surface area contributed by atoms with Crippen LogP contribution in [-0.4, -0.2) is 16.0 Å². The molecule has 0 heterocycles. The zero-order chi connectivity index (χ0) is 11.9. The van der Waals surface area contributed by atoms with E-state index in [1.807, 2.05) is 0 Å². The Bertz CT molecular complexity index is 477. The van der Waals surface area contributed by atoms with Crippen LogP contribution in [0.3, 0.4) is 0 Å². The topological polar surface area (TPSA) is 80.4 Å². The van der Waals surface area contributed by atoms with Crippen LogP contribution >= 0.6 is 0 Å². The average Bonchev–Trinajstić information content (AvgIpc) is 2.97. The number of hydrogen-bond donors (Lipinski definition) is 1. The van der Waals surface area contributed by atoms with Gasteiger partial charge in [0.15, 0.2) is 0 Å². The molecule has 1 saturated carbocycles. The molecule has 5 nitrogen and oxygen atoms in total. The maximum absolute atomic E-state index is 11.1. The van der Waals surface area contributed by atoms with Crippen molar-refractivity contribution in [2.24, 2.45) is 0 Å². The van der Waals surface area contributed by atoms with Crippen molar-refractivity contribution in [2.45, 2.75) is 25.2 Å². The van der Waals surface area contributed by atoms with E-state index in [1.165, 1.54) is 0 Å². The molecule has 1 aliphatic rings. The molecule has 5 heteroatoms. The molecule has 0 unspecified atom stereocenters. The van der Waals surface area contributed by atoms with Crippen molar-refractivity contribution in [3.63, 3.8) is 0 Å². The van der Waals surface area contributed by atoms with E-state index in [4.69, 9.17) is 5.11 Å². The molecule has 2 rings (SSSR count). The fourth-order valence-electron chi connectivity index (χ4n) is 2.01. The number of rotatable bonds is 3. The number of para-hydroxylation sites is 1. The predicted molar refractivity (Wildman–Crippen MR) is 56.4 cm³/mol. The minimum absolute atomic E-state index is 0.0533. The van der Waals surface area contributed by atoms with Gasteiger partial charge in [-0.1, -0.05) is 18.2 Å². The van der Waals surface area contributed by atoms with Crippen LogP contribution in [0.15, 0.2) is 18.2 Å². The number of nitro benzene ring substituents is 1. The second-order valence-electron chi connectivity index (χ2n) is 4.12. The maximum Gasteiger partial charge on any atom is 0.314 e. The Morgan fingerprint density at radius 1 is 1.50 bits per heavy atom. The van der Waals surface area contributed by atoms with E-state index in [0.717, 1.165) is 0 Å². The summed E-state index contributed by atoms with van der Waals surface area (Å²) in [6.07, 6.45) is 0.958. The van der Waals surface area contributed by atoms with Gasteiger partial charge in [0.05, 0.1) is 10.3 Å². The molecule has 0 aliphatic heterocycles. The predicted octanol–water partition coefficient (Wildman–Crippen LogP) is 2.02. The Kier molecular flexibility index (Phi) is 2.18. The van der Waals surface area contributed by atoms with Crippen molar-refractivity contribution < 1.29 is 14.8 Å². The van der Waals surface area contributed by atoms with Crippen LogP contribution in [0, 0.1) is 17.0 Å². The van der Waals surface area contributed by atoms with E-state index in [1.54, 1.807) is 25.1 Å². The molecule has 1 aromatic carbocycles. The summed E-state index contributed by atoms with van der Waals surface area (Å²) in [7, 11) is 0. The third-order valence-corrected chi connectivity index (χ3v) is 3.10. The third-order valence-electron chi connectivity index (χ3n) is 3.10. The molecule has 0 amide bonds. The summed E-state index contributed by atoms with van der Waals surface area (Å²) in [6.45, 7) is 1.62. The summed E-state index contributed by atoms with van der Waals surface area (Å²) < 4.78 is 0. The van der Waals surface area contributed by atoms with Gasteiger partial charge in [0.1, 0.15) is 0 Å². The van der Waals surface area contributed by atoms with Gasteiger partial charge < -0.3 is 5.11 Å². The number of aryl methyl sites for hydroxylation is 1. The lowest BCUT2D eigenvalue weighted by Gasteiger charge is -2.11. The van der Waals surface area contributed by atoms with Gasteiger partial charge in [-0.25, -0.2) is 0 Å². The largest absolute Gasteiger partial charge is 0.481 e. The van der Waals surface area contributed by atoms with Crippen molar-refractivity contribution in [3.8, 4) is 0 Å². The smallest absolute Gasteiger partial charge is 0.314 e. The number of nitro groups is 1. The Labute approximate surface area is 91.9 Å². The Morgan fingerprint density at radius 2 is 2.12 bits per heavy atom. The van der Waals surface area contributed by atoms with Crippen molar-refractivity contribution in [1.29, 1.82) is 0 Å². The quantitative estimate of drug-likeness (QED) is 0.625.